The first kappa shape index (κ1) is 15.3. The molecule has 2 rings (SSSR count). The molecule has 6 nitrogen and oxygen atoms in total. The lowest BCUT2D eigenvalue weighted by molar-refractivity contribution is -0.384. The summed E-state index contributed by atoms with van der Waals surface area (Å²) in [6, 6.07) is 10.6. The molecule has 21 heavy (non-hydrogen) atoms. The van der Waals surface area contributed by atoms with Crippen LogP contribution in [0.2, 0.25) is 5.02 Å². The third kappa shape index (κ3) is 4.17. The highest BCUT2D eigenvalue weighted by atomic mass is 79.9. The summed E-state index contributed by atoms with van der Waals surface area (Å²) in [6.45, 7) is 0. The second-order valence-electron chi connectivity index (χ2n) is 4.01. The minimum Gasteiger partial charge on any atom is -0.308 e. The van der Waals surface area contributed by atoms with Crippen LogP contribution in [0.15, 0.2) is 46.9 Å². The summed E-state index contributed by atoms with van der Waals surface area (Å²) in [7, 11) is 0. The lowest BCUT2D eigenvalue weighted by Gasteiger charge is -2.08. The van der Waals surface area contributed by atoms with Gasteiger partial charge in [-0.1, -0.05) is 33.6 Å². The highest BCUT2D eigenvalue weighted by Gasteiger charge is 2.13. The van der Waals surface area contributed by atoms with Crippen LogP contribution in [0.5, 0.6) is 0 Å². The van der Waals surface area contributed by atoms with Crippen LogP contribution in [0, 0.1) is 10.1 Å². The van der Waals surface area contributed by atoms with Crippen LogP contribution >= 0.6 is 27.5 Å². The molecule has 2 aromatic carbocycles. The number of halogens is 2. The summed E-state index contributed by atoms with van der Waals surface area (Å²) in [5, 5.41) is 15.9. The van der Waals surface area contributed by atoms with Gasteiger partial charge in [0.2, 0.25) is 0 Å². The van der Waals surface area contributed by atoms with Crippen molar-refractivity contribution in [3.05, 3.63) is 62.1 Å². The lowest BCUT2D eigenvalue weighted by Crippen LogP contribution is -2.19. The molecule has 0 saturated heterocycles. The standard InChI is InChI=1S/C13H9BrClN3O3/c14-8-2-1-3-9(6-8)16-13(19)17-10-4-5-11(15)12(7-10)18(20)21/h1-7H,(H2,16,17,19). The Morgan fingerprint density at radius 1 is 1.14 bits per heavy atom. The molecule has 0 aromatic heterocycles. The van der Waals surface area contributed by atoms with Crippen molar-refractivity contribution < 1.29 is 9.72 Å². The van der Waals surface area contributed by atoms with Gasteiger partial charge >= 0.3 is 6.03 Å². The van der Waals surface area contributed by atoms with Gasteiger partial charge in [-0.15, -0.1) is 0 Å². The number of hydrogen-bond acceptors (Lipinski definition) is 3. The van der Waals surface area contributed by atoms with Crippen LogP contribution in [0.1, 0.15) is 0 Å². The van der Waals surface area contributed by atoms with Gasteiger partial charge in [-0.25, -0.2) is 4.79 Å². The zero-order chi connectivity index (χ0) is 15.4. The molecule has 8 heteroatoms. The van der Waals surface area contributed by atoms with Gasteiger partial charge in [-0.2, -0.15) is 0 Å². The first-order valence-electron chi connectivity index (χ1n) is 5.73. The number of nitrogens with zero attached hydrogens (tertiary/aromatic N) is 1. The van der Waals surface area contributed by atoms with Crippen molar-refractivity contribution in [2.24, 2.45) is 0 Å². The molecule has 0 heterocycles. The number of rotatable bonds is 3. The summed E-state index contributed by atoms with van der Waals surface area (Å²) in [6.07, 6.45) is 0. The molecule has 0 atom stereocenters. The molecule has 108 valence electrons. The molecular weight excluding hydrogens is 362 g/mol. The normalized spacial score (nSPS) is 10.0. The highest BCUT2D eigenvalue weighted by molar-refractivity contribution is 9.10. The van der Waals surface area contributed by atoms with Gasteiger partial charge in [0.1, 0.15) is 5.02 Å². The van der Waals surface area contributed by atoms with Gasteiger partial charge in [-0.3, -0.25) is 10.1 Å². The van der Waals surface area contributed by atoms with Gasteiger partial charge in [-0.05, 0) is 30.3 Å². The second kappa shape index (κ2) is 6.55. The summed E-state index contributed by atoms with van der Waals surface area (Å²) < 4.78 is 0.822. The van der Waals surface area contributed by atoms with Gasteiger partial charge in [0.15, 0.2) is 0 Å². The number of hydrogen-bond donors (Lipinski definition) is 2. The van der Waals surface area contributed by atoms with Gasteiger partial charge in [0.05, 0.1) is 4.92 Å². The zero-order valence-corrected chi connectivity index (χ0v) is 12.8. The van der Waals surface area contributed by atoms with Crippen LogP contribution in [0.4, 0.5) is 21.9 Å². The van der Waals surface area contributed by atoms with Crippen molar-refractivity contribution in [3.63, 3.8) is 0 Å². The minimum absolute atomic E-state index is 0.0120. The van der Waals surface area contributed by atoms with E-state index in [4.69, 9.17) is 11.6 Å². The summed E-state index contributed by atoms with van der Waals surface area (Å²) in [4.78, 5) is 22.0. The van der Waals surface area contributed by atoms with Crippen molar-refractivity contribution in [3.8, 4) is 0 Å². The fourth-order valence-corrected chi connectivity index (χ4v) is 2.18. The van der Waals surface area contributed by atoms with Crippen molar-refractivity contribution >= 4 is 50.6 Å². The van der Waals surface area contributed by atoms with E-state index in [0.717, 1.165) is 4.47 Å². The monoisotopic (exact) mass is 369 g/mol. The molecule has 0 aliphatic carbocycles. The highest BCUT2D eigenvalue weighted by Crippen LogP contribution is 2.27. The molecule has 0 spiro atoms. The smallest absolute Gasteiger partial charge is 0.308 e. The molecule has 0 radical (unpaired) electrons. The molecule has 0 aliphatic heterocycles. The summed E-state index contributed by atoms with van der Waals surface area (Å²) in [5.41, 5.74) is 0.598. The third-order valence-electron chi connectivity index (χ3n) is 2.48. The molecule has 2 aromatic rings. The largest absolute Gasteiger partial charge is 0.323 e. The van der Waals surface area contributed by atoms with E-state index >= 15 is 0 Å². The van der Waals surface area contributed by atoms with Crippen molar-refractivity contribution in [1.29, 1.82) is 0 Å². The molecule has 0 aliphatic rings. The number of nitro groups is 1. The van der Waals surface area contributed by atoms with Crippen LogP contribution in [0.3, 0.4) is 0 Å². The molecule has 2 N–H and O–H groups in total. The van der Waals surface area contributed by atoms with E-state index in [9.17, 15) is 14.9 Å². The Kier molecular flexibility index (Phi) is 4.77. The minimum atomic E-state index is -0.611. The zero-order valence-electron chi connectivity index (χ0n) is 10.5. The lowest BCUT2D eigenvalue weighted by atomic mass is 10.3. The van der Waals surface area contributed by atoms with E-state index in [1.165, 1.54) is 18.2 Å². The Morgan fingerprint density at radius 2 is 1.81 bits per heavy atom. The van der Waals surface area contributed by atoms with E-state index in [2.05, 4.69) is 26.6 Å². The third-order valence-corrected chi connectivity index (χ3v) is 3.30. The Hall–Kier alpha value is -2.12. The summed E-state index contributed by atoms with van der Waals surface area (Å²) in [5.74, 6) is 0. The fourth-order valence-electron chi connectivity index (χ4n) is 1.59. The van der Waals surface area contributed by atoms with Crippen molar-refractivity contribution in [2.75, 3.05) is 10.6 Å². The van der Waals surface area contributed by atoms with Crippen LogP contribution in [-0.4, -0.2) is 11.0 Å². The SMILES string of the molecule is O=C(Nc1cccc(Br)c1)Nc1ccc(Cl)c([N+](=O)[O-])c1. The van der Waals surface area contributed by atoms with E-state index in [1.807, 2.05) is 6.07 Å². The first-order chi connectivity index (χ1) is 9.95. The Balaban J connectivity index is 2.09. The van der Waals surface area contributed by atoms with E-state index < -0.39 is 11.0 Å². The number of nitrogens with one attached hydrogen (secondary N) is 2. The Morgan fingerprint density at radius 3 is 2.43 bits per heavy atom. The average Bonchev–Trinajstić information content (AvgIpc) is 2.40. The predicted octanol–water partition coefficient (Wildman–Crippen LogP) is 4.65. The first-order valence-corrected chi connectivity index (χ1v) is 6.90. The maximum Gasteiger partial charge on any atom is 0.323 e. The van der Waals surface area contributed by atoms with Crippen LogP contribution < -0.4 is 10.6 Å². The van der Waals surface area contributed by atoms with Gasteiger partial charge in [0, 0.05) is 21.9 Å². The van der Waals surface area contributed by atoms with Crippen LogP contribution in [-0.2, 0) is 0 Å². The quantitative estimate of drug-likeness (QED) is 0.609. The fraction of sp³-hybridized carbons (Fsp3) is 0. The van der Waals surface area contributed by atoms with E-state index in [1.54, 1.807) is 18.2 Å². The van der Waals surface area contributed by atoms with Crippen molar-refractivity contribution in [2.45, 2.75) is 0 Å². The number of nitro benzene ring substituents is 1. The number of anilines is 2. The molecule has 0 bridgehead atoms. The number of carbonyl (C=O) groups excluding carboxylic acids is 1. The predicted molar refractivity (Wildman–Crippen MR) is 84.9 cm³/mol. The van der Waals surface area contributed by atoms with Gasteiger partial charge in [0.25, 0.3) is 5.69 Å². The molecule has 0 unspecified atom stereocenters. The topological polar surface area (TPSA) is 84.3 Å². The maximum absolute atomic E-state index is 11.8. The van der Waals surface area contributed by atoms with Crippen LogP contribution in [0.25, 0.3) is 0 Å². The number of benzene rings is 2. The van der Waals surface area contributed by atoms with E-state index in [0.29, 0.717) is 5.69 Å². The molecular formula is C13H9BrClN3O3. The second-order valence-corrected chi connectivity index (χ2v) is 5.34. The number of amides is 2. The van der Waals surface area contributed by atoms with E-state index in [-0.39, 0.29) is 16.4 Å². The molecule has 2 amide bonds. The average molecular weight is 371 g/mol. The Labute approximate surface area is 133 Å². The molecule has 0 fully saturated rings. The molecule has 0 saturated carbocycles. The number of carbonyl (C=O) groups is 1. The summed E-state index contributed by atoms with van der Waals surface area (Å²) >= 11 is 8.99. The number of urea groups is 1. The van der Waals surface area contributed by atoms with Gasteiger partial charge < -0.3 is 10.6 Å². The Bertz CT molecular complexity index is 709. The van der Waals surface area contributed by atoms with Crippen molar-refractivity contribution in [1.82, 2.24) is 0 Å². The maximum atomic E-state index is 11.8.